The van der Waals surface area contributed by atoms with Crippen LogP contribution in [0.15, 0.2) is 12.1 Å². The van der Waals surface area contributed by atoms with E-state index in [2.05, 4.69) is 39.8 Å². The Morgan fingerprint density at radius 2 is 1.93 bits per heavy atom. The number of thiophene rings is 1. The van der Waals surface area contributed by atoms with Crippen molar-refractivity contribution < 1.29 is 0 Å². The van der Waals surface area contributed by atoms with Crippen molar-refractivity contribution in [2.45, 2.75) is 40.2 Å². The standard InChI is InChI=1S/C11H19NS.ClH/c1-5-8-6-7-9(13-8)10(12)11(2,3)4;/h6-7,10H,5,12H2,1-4H3;1H/t10-;/m1./s1. The molecule has 0 unspecified atom stereocenters. The molecule has 1 aromatic rings. The Labute approximate surface area is 97.1 Å². The average molecular weight is 234 g/mol. The quantitative estimate of drug-likeness (QED) is 0.827. The van der Waals surface area contributed by atoms with Crippen LogP contribution in [-0.2, 0) is 6.42 Å². The van der Waals surface area contributed by atoms with Gasteiger partial charge in [0.05, 0.1) is 0 Å². The summed E-state index contributed by atoms with van der Waals surface area (Å²) < 4.78 is 0. The summed E-state index contributed by atoms with van der Waals surface area (Å²) in [5.74, 6) is 0. The molecule has 1 aromatic heterocycles. The Hall–Kier alpha value is -0.0500. The number of rotatable bonds is 2. The molecule has 0 aliphatic rings. The van der Waals surface area contributed by atoms with E-state index >= 15 is 0 Å². The molecule has 1 heterocycles. The van der Waals surface area contributed by atoms with Gasteiger partial charge in [-0.2, -0.15) is 0 Å². The minimum absolute atomic E-state index is 0. The molecule has 1 atom stereocenters. The third-order valence-electron chi connectivity index (χ3n) is 2.27. The van der Waals surface area contributed by atoms with Crippen molar-refractivity contribution in [1.82, 2.24) is 0 Å². The highest BCUT2D eigenvalue weighted by molar-refractivity contribution is 7.12. The monoisotopic (exact) mass is 233 g/mol. The van der Waals surface area contributed by atoms with Crippen molar-refractivity contribution in [2.75, 3.05) is 0 Å². The molecule has 14 heavy (non-hydrogen) atoms. The second-order valence-corrected chi connectivity index (χ2v) is 5.70. The van der Waals surface area contributed by atoms with Gasteiger partial charge >= 0.3 is 0 Å². The highest BCUT2D eigenvalue weighted by Gasteiger charge is 2.23. The molecule has 0 bridgehead atoms. The van der Waals surface area contributed by atoms with Crippen molar-refractivity contribution in [3.05, 3.63) is 21.9 Å². The normalized spacial score (nSPS) is 13.5. The summed E-state index contributed by atoms with van der Waals surface area (Å²) in [5.41, 5.74) is 6.31. The first-order chi connectivity index (χ1) is 5.95. The molecule has 0 spiro atoms. The van der Waals surface area contributed by atoms with Gasteiger partial charge in [0, 0.05) is 15.8 Å². The lowest BCUT2D eigenvalue weighted by Crippen LogP contribution is -2.25. The van der Waals surface area contributed by atoms with Gasteiger partial charge in [0.25, 0.3) is 0 Å². The average Bonchev–Trinajstić information content (AvgIpc) is 2.48. The van der Waals surface area contributed by atoms with E-state index in [0.29, 0.717) is 0 Å². The molecular weight excluding hydrogens is 214 g/mol. The fourth-order valence-corrected chi connectivity index (χ4v) is 2.38. The van der Waals surface area contributed by atoms with Crippen LogP contribution in [0.5, 0.6) is 0 Å². The van der Waals surface area contributed by atoms with Crippen molar-refractivity contribution in [2.24, 2.45) is 11.1 Å². The number of aryl methyl sites for hydroxylation is 1. The second kappa shape index (κ2) is 5.15. The van der Waals surface area contributed by atoms with Gasteiger partial charge in [0.15, 0.2) is 0 Å². The zero-order chi connectivity index (χ0) is 10.1. The van der Waals surface area contributed by atoms with Crippen molar-refractivity contribution in [3.8, 4) is 0 Å². The SMILES string of the molecule is CCc1ccc([C@@H](N)C(C)(C)C)s1.Cl. The van der Waals surface area contributed by atoms with Gasteiger partial charge in [-0.05, 0) is 24.0 Å². The molecule has 0 amide bonds. The number of nitrogens with two attached hydrogens (primary N) is 1. The smallest absolute Gasteiger partial charge is 0.0439 e. The zero-order valence-electron chi connectivity index (χ0n) is 9.33. The lowest BCUT2D eigenvalue weighted by atomic mass is 9.87. The lowest BCUT2D eigenvalue weighted by molar-refractivity contribution is 0.331. The second-order valence-electron chi connectivity index (χ2n) is 4.50. The first-order valence-electron chi connectivity index (χ1n) is 4.79. The molecule has 3 heteroatoms. The van der Waals surface area contributed by atoms with Gasteiger partial charge in [-0.25, -0.2) is 0 Å². The largest absolute Gasteiger partial charge is 0.323 e. The summed E-state index contributed by atoms with van der Waals surface area (Å²) in [5, 5.41) is 0. The Bertz CT molecular complexity index is 275. The van der Waals surface area contributed by atoms with E-state index in [1.54, 1.807) is 0 Å². The molecule has 0 saturated carbocycles. The highest BCUT2D eigenvalue weighted by atomic mass is 35.5. The van der Waals surface area contributed by atoms with E-state index in [1.165, 1.54) is 9.75 Å². The van der Waals surface area contributed by atoms with E-state index in [0.717, 1.165) is 6.42 Å². The van der Waals surface area contributed by atoms with E-state index in [4.69, 9.17) is 5.73 Å². The summed E-state index contributed by atoms with van der Waals surface area (Å²) in [7, 11) is 0. The van der Waals surface area contributed by atoms with Gasteiger partial charge in [0.1, 0.15) is 0 Å². The molecular formula is C11H20ClNS. The highest BCUT2D eigenvalue weighted by Crippen LogP contribution is 2.34. The molecule has 0 aliphatic heterocycles. The Morgan fingerprint density at radius 3 is 2.29 bits per heavy atom. The van der Waals surface area contributed by atoms with Crippen LogP contribution in [0.1, 0.15) is 43.5 Å². The van der Waals surface area contributed by atoms with Crippen LogP contribution in [0.4, 0.5) is 0 Å². The number of hydrogen-bond acceptors (Lipinski definition) is 2. The van der Waals surface area contributed by atoms with Crippen LogP contribution in [0, 0.1) is 5.41 Å². The minimum atomic E-state index is 0. The molecule has 0 aliphatic carbocycles. The van der Waals surface area contributed by atoms with Gasteiger partial charge in [-0.1, -0.05) is 27.7 Å². The van der Waals surface area contributed by atoms with Crippen LogP contribution in [0.25, 0.3) is 0 Å². The van der Waals surface area contributed by atoms with E-state index in [9.17, 15) is 0 Å². The predicted octanol–water partition coefficient (Wildman–Crippen LogP) is 3.78. The maximum Gasteiger partial charge on any atom is 0.0439 e. The topological polar surface area (TPSA) is 26.0 Å². The molecule has 0 saturated heterocycles. The maximum absolute atomic E-state index is 6.15. The van der Waals surface area contributed by atoms with E-state index in [-0.39, 0.29) is 23.9 Å². The molecule has 0 fully saturated rings. The summed E-state index contributed by atoms with van der Waals surface area (Å²) in [6.07, 6.45) is 1.11. The third-order valence-corrected chi connectivity index (χ3v) is 3.58. The molecule has 0 radical (unpaired) electrons. The Balaban J connectivity index is 0.00000169. The predicted molar refractivity (Wildman–Crippen MR) is 67.3 cm³/mol. The number of hydrogen-bond donors (Lipinski definition) is 1. The van der Waals surface area contributed by atoms with Crippen LogP contribution >= 0.6 is 23.7 Å². The fourth-order valence-electron chi connectivity index (χ4n) is 1.18. The third kappa shape index (κ3) is 3.26. The molecule has 0 aromatic carbocycles. The minimum Gasteiger partial charge on any atom is -0.323 e. The molecule has 1 rings (SSSR count). The van der Waals surface area contributed by atoms with Gasteiger partial charge in [-0.15, -0.1) is 23.7 Å². The van der Waals surface area contributed by atoms with Crippen LogP contribution in [0.3, 0.4) is 0 Å². The van der Waals surface area contributed by atoms with E-state index < -0.39 is 0 Å². The summed E-state index contributed by atoms with van der Waals surface area (Å²) in [6.45, 7) is 8.73. The van der Waals surface area contributed by atoms with Crippen molar-refractivity contribution in [3.63, 3.8) is 0 Å². The van der Waals surface area contributed by atoms with Crippen LogP contribution in [0.2, 0.25) is 0 Å². The summed E-state index contributed by atoms with van der Waals surface area (Å²) in [4.78, 5) is 2.74. The van der Waals surface area contributed by atoms with Gasteiger partial charge in [-0.3, -0.25) is 0 Å². The summed E-state index contributed by atoms with van der Waals surface area (Å²) >= 11 is 1.84. The van der Waals surface area contributed by atoms with Gasteiger partial charge < -0.3 is 5.73 Å². The number of halogens is 1. The molecule has 2 N–H and O–H groups in total. The summed E-state index contributed by atoms with van der Waals surface area (Å²) in [6, 6.07) is 4.52. The Kier molecular flexibility index (Phi) is 5.13. The molecule has 82 valence electrons. The van der Waals surface area contributed by atoms with Crippen molar-refractivity contribution >= 4 is 23.7 Å². The molecule has 1 nitrogen and oxygen atoms in total. The Morgan fingerprint density at radius 1 is 1.36 bits per heavy atom. The van der Waals surface area contributed by atoms with Crippen molar-refractivity contribution in [1.29, 1.82) is 0 Å². The zero-order valence-corrected chi connectivity index (χ0v) is 11.0. The fraction of sp³-hybridized carbons (Fsp3) is 0.636. The van der Waals surface area contributed by atoms with Gasteiger partial charge in [0.2, 0.25) is 0 Å². The lowest BCUT2D eigenvalue weighted by Gasteiger charge is -2.25. The first kappa shape index (κ1) is 13.9. The van der Waals surface area contributed by atoms with Crippen LogP contribution in [-0.4, -0.2) is 0 Å². The van der Waals surface area contributed by atoms with Crippen LogP contribution < -0.4 is 5.73 Å². The first-order valence-corrected chi connectivity index (χ1v) is 5.61. The maximum atomic E-state index is 6.15. The van der Waals surface area contributed by atoms with E-state index in [1.807, 2.05) is 11.3 Å².